The molecule has 3 heteroatoms. The van der Waals surface area contributed by atoms with Crippen LogP contribution in [-0.2, 0) is 6.42 Å². The van der Waals surface area contributed by atoms with E-state index < -0.39 is 0 Å². The molecule has 1 nitrogen and oxygen atoms in total. The van der Waals surface area contributed by atoms with Crippen LogP contribution in [0.4, 0.5) is 4.39 Å². The highest BCUT2D eigenvalue weighted by atomic mass is 35.5. The molecule has 0 bridgehead atoms. The molecular weight excluding hydrogens is 249 g/mol. The first-order valence-electron chi connectivity index (χ1n) is 6.71. The summed E-state index contributed by atoms with van der Waals surface area (Å²) in [6.07, 6.45) is 6.11. The molecule has 1 fully saturated rings. The smallest absolute Gasteiger partial charge is 0.127 e. The van der Waals surface area contributed by atoms with Gasteiger partial charge in [-0.15, -0.1) is 0 Å². The van der Waals surface area contributed by atoms with Gasteiger partial charge in [0.15, 0.2) is 0 Å². The monoisotopic (exact) mass is 269 g/mol. The fourth-order valence-corrected chi connectivity index (χ4v) is 2.99. The summed E-state index contributed by atoms with van der Waals surface area (Å²) in [6, 6.07) is 4.88. The zero-order valence-electron chi connectivity index (χ0n) is 10.9. The van der Waals surface area contributed by atoms with Gasteiger partial charge in [-0.2, -0.15) is 0 Å². The van der Waals surface area contributed by atoms with Crippen LogP contribution in [0, 0.1) is 11.7 Å². The zero-order chi connectivity index (χ0) is 13.2. The Morgan fingerprint density at radius 2 is 2.17 bits per heavy atom. The number of hydrogen-bond donors (Lipinski definition) is 1. The second-order valence-corrected chi connectivity index (χ2v) is 6.25. The van der Waals surface area contributed by atoms with Gasteiger partial charge in [0, 0.05) is 10.6 Å². The third-order valence-corrected chi connectivity index (χ3v) is 4.30. The second kappa shape index (κ2) is 5.58. The topological polar surface area (TPSA) is 26.0 Å². The second-order valence-electron chi connectivity index (χ2n) is 5.81. The molecule has 1 aromatic rings. The van der Waals surface area contributed by atoms with Gasteiger partial charge in [-0.05, 0) is 49.3 Å². The van der Waals surface area contributed by atoms with Gasteiger partial charge in [0.1, 0.15) is 5.82 Å². The van der Waals surface area contributed by atoms with E-state index in [0.29, 0.717) is 17.0 Å². The summed E-state index contributed by atoms with van der Waals surface area (Å²) >= 11 is 5.77. The summed E-state index contributed by atoms with van der Waals surface area (Å²) < 4.78 is 13.8. The van der Waals surface area contributed by atoms with Crippen LogP contribution in [0.1, 0.15) is 44.6 Å². The van der Waals surface area contributed by atoms with E-state index in [4.69, 9.17) is 17.3 Å². The number of hydrogen-bond acceptors (Lipinski definition) is 1. The molecule has 1 aromatic carbocycles. The Morgan fingerprint density at radius 1 is 1.39 bits per heavy atom. The van der Waals surface area contributed by atoms with Crippen molar-refractivity contribution in [1.29, 1.82) is 0 Å². The molecule has 2 N–H and O–H groups in total. The Labute approximate surface area is 114 Å². The van der Waals surface area contributed by atoms with Crippen LogP contribution in [0.25, 0.3) is 0 Å². The molecule has 1 aliphatic rings. The van der Waals surface area contributed by atoms with Crippen LogP contribution in [-0.4, -0.2) is 5.54 Å². The summed E-state index contributed by atoms with van der Waals surface area (Å²) in [4.78, 5) is 0. The van der Waals surface area contributed by atoms with E-state index in [1.165, 1.54) is 12.5 Å². The molecule has 0 aromatic heterocycles. The fraction of sp³-hybridized carbons (Fsp3) is 0.600. The van der Waals surface area contributed by atoms with Gasteiger partial charge in [0.05, 0.1) is 0 Å². The number of halogens is 2. The van der Waals surface area contributed by atoms with Gasteiger partial charge in [-0.25, -0.2) is 4.39 Å². The van der Waals surface area contributed by atoms with E-state index >= 15 is 0 Å². The van der Waals surface area contributed by atoms with E-state index in [1.807, 2.05) is 0 Å². The normalized spacial score (nSPS) is 29.0. The first-order valence-corrected chi connectivity index (χ1v) is 7.09. The lowest BCUT2D eigenvalue weighted by atomic mass is 9.84. The third kappa shape index (κ3) is 3.46. The van der Waals surface area contributed by atoms with Crippen molar-refractivity contribution < 1.29 is 4.39 Å². The highest BCUT2D eigenvalue weighted by Gasteiger charge is 2.29. The van der Waals surface area contributed by atoms with Gasteiger partial charge in [-0.1, -0.05) is 37.4 Å². The SMILES string of the molecule is CC1CCCC(N)(Cc2ccc(Cl)cc2F)CC1. The molecule has 2 atom stereocenters. The van der Waals surface area contributed by atoms with Crippen LogP contribution in [0.5, 0.6) is 0 Å². The van der Waals surface area contributed by atoms with Crippen molar-refractivity contribution in [3.63, 3.8) is 0 Å². The van der Waals surface area contributed by atoms with Crippen LogP contribution in [0.15, 0.2) is 18.2 Å². The van der Waals surface area contributed by atoms with Gasteiger partial charge in [0.2, 0.25) is 0 Å². The third-order valence-electron chi connectivity index (χ3n) is 4.06. The highest BCUT2D eigenvalue weighted by Crippen LogP contribution is 2.31. The molecule has 0 aliphatic heterocycles. The Kier molecular flexibility index (Phi) is 4.29. The van der Waals surface area contributed by atoms with E-state index in [-0.39, 0.29) is 11.4 Å². The molecule has 0 spiro atoms. The van der Waals surface area contributed by atoms with Crippen LogP contribution in [0.3, 0.4) is 0 Å². The van der Waals surface area contributed by atoms with E-state index in [0.717, 1.165) is 31.6 Å². The Hall–Kier alpha value is -0.600. The minimum atomic E-state index is -0.251. The van der Waals surface area contributed by atoms with Crippen molar-refractivity contribution in [1.82, 2.24) is 0 Å². The number of nitrogens with two attached hydrogens (primary N) is 1. The van der Waals surface area contributed by atoms with Crippen molar-refractivity contribution in [3.05, 3.63) is 34.6 Å². The molecule has 1 aliphatic carbocycles. The molecule has 0 saturated heterocycles. The maximum Gasteiger partial charge on any atom is 0.127 e. The van der Waals surface area contributed by atoms with Crippen molar-refractivity contribution in [2.75, 3.05) is 0 Å². The largest absolute Gasteiger partial charge is 0.325 e. The number of benzene rings is 1. The average Bonchev–Trinajstić information content (AvgIpc) is 2.46. The predicted octanol–water partition coefficient (Wildman–Crippen LogP) is 4.32. The standard InChI is InChI=1S/C15H21ClFN/c1-11-3-2-7-15(18,8-6-11)10-12-4-5-13(16)9-14(12)17/h4-5,9,11H,2-3,6-8,10,18H2,1H3. The first kappa shape index (κ1) is 13.8. The summed E-state index contributed by atoms with van der Waals surface area (Å²) in [5.74, 6) is 0.509. The van der Waals surface area contributed by atoms with Gasteiger partial charge in [0.25, 0.3) is 0 Å². The van der Waals surface area contributed by atoms with Gasteiger partial charge in [-0.3, -0.25) is 0 Å². The molecule has 100 valence electrons. The van der Waals surface area contributed by atoms with Gasteiger partial charge >= 0.3 is 0 Å². The lowest BCUT2D eigenvalue weighted by Gasteiger charge is -2.28. The quantitative estimate of drug-likeness (QED) is 0.795. The van der Waals surface area contributed by atoms with E-state index in [1.54, 1.807) is 12.1 Å². The summed E-state index contributed by atoms with van der Waals surface area (Å²) in [7, 11) is 0. The van der Waals surface area contributed by atoms with E-state index in [9.17, 15) is 4.39 Å². The van der Waals surface area contributed by atoms with Crippen molar-refractivity contribution >= 4 is 11.6 Å². The fourth-order valence-electron chi connectivity index (χ4n) is 2.83. The maximum absolute atomic E-state index is 13.8. The molecule has 0 amide bonds. The first-order chi connectivity index (χ1) is 8.48. The van der Waals surface area contributed by atoms with Crippen molar-refractivity contribution in [2.45, 2.75) is 51.0 Å². The maximum atomic E-state index is 13.8. The highest BCUT2D eigenvalue weighted by molar-refractivity contribution is 6.30. The Morgan fingerprint density at radius 3 is 2.89 bits per heavy atom. The van der Waals surface area contributed by atoms with E-state index in [2.05, 4.69) is 6.92 Å². The Bertz CT molecular complexity index is 421. The molecule has 1 saturated carbocycles. The summed E-state index contributed by atoms with van der Waals surface area (Å²) in [6.45, 7) is 2.27. The van der Waals surface area contributed by atoms with Crippen LogP contribution in [0.2, 0.25) is 5.02 Å². The molecule has 0 heterocycles. The predicted molar refractivity (Wildman–Crippen MR) is 74.3 cm³/mol. The molecule has 0 radical (unpaired) electrons. The summed E-state index contributed by atoms with van der Waals surface area (Å²) in [5, 5.41) is 0.441. The van der Waals surface area contributed by atoms with Crippen molar-refractivity contribution in [2.24, 2.45) is 11.7 Å². The minimum Gasteiger partial charge on any atom is -0.325 e. The Balaban J connectivity index is 2.11. The lowest BCUT2D eigenvalue weighted by molar-refractivity contribution is 0.358. The molecule has 18 heavy (non-hydrogen) atoms. The average molecular weight is 270 g/mol. The lowest BCUT2D eigenvalue weighted by Crippen LogP contribution is -2.41. The summed E-state index contributed by atoms with van der Waals surface area (Å²) in [5.41, 5.74) is 6.90. The molecule has 2 unspecified atom stereocenters. The molecule has 2 rings (SSSR count). The van der Waals surface area contributed by atoms with Gasteiger partial charge < -0.3 is 5.73 Å². The van der Waals surface area contributed by atoms with Crippen LogP contribution >= 0.6 is 11.6 Å². The van der Waals surface area contributed by atoms with Crippen LogP contribution < -0.4 is 5.73 Å². The minimum absolute atomic E-state index is 0.232. The molecular formula is C15H21ClFN. The van der Waals surface area contributed by atoms with Crippen molar-refractivity contribution in [3.8, 4) is 0 Å². The number of rotatable bonds is 2. The zero-order valence-corrected chi connectivity index (χ0v) is 11.6.